The Morgan fingerprint density at radius 3 is 2.12 bits per heavy atom. The van der Waals surface area contributed by atoms with Crippen LogP contribution in [-0.2, 0) is 20.8 Å². The highest BCUT2D eigenvalue weighted by atomic mass is 16.6. The molecule has 2 heterocycles. The van der Waals surface area contributed by atoms with Crippen LogP contribution in [0, 0.1) is 0 Å². The molecule has 0 fully saturated rings. The van der Waals surface area contributed by atoms with Gasteiger partial charge in [0.2, 0.25) is 5.88 Å². The van der Waals surface area contributed by atoms with Crippen molar-refractivity contribution in [2.75, 3.05) is 46.2 Å². The lowest BCUT2D eigenvalue weighted by Crippen LogP contribution is -2.21. The van der Waals surface area contributed by atoms with Crippen molar-refractivity contribution in [3.63, 3.8) is 0 Å². The van der Waals surface area contributed by atoms with Gasteiger partial charge in [0.15, 0.2) is 0 Å². The van der Waals surface area contributed by atoms with E-state index in [2.05, 4.69) is 4.98 Å². The first kappa shape index (κ1) is 21.8. The Bertz CT molecular complexity index is 635. The van der Waals surface area contributed by atoms with E-state index in [1.165, 1.54) is 6.07 Å². The molecule has 0 aliphatic heterocycles. The fourth-order valence-corrected chi connectivity index (χ4v) is 1.99. The summed E-state index contributed by atoms with van der Waals surface area (Å²) in [7, 11) is 0. The first-order valence-electron chi connectivity index (χ1n) is 8.29. The van der Waals surface area contributed by atoms with Gasteiger partial charge in [0, 0.05) is 31.1 Å². The van der Waals surface area contributed by atoms with Gasteiger partial charge in [-0.1, -0.05) is 12.1 Å². The van der Waals surface area contributed by atoms with Crippen molar-refractivity contribution >= 4 is 0 Å². The Morgan fingerprint density at radius 1 is 0.808 bits per heavy atom. The van der Waals surface area contributed by atoms with Gasteiger partial charge in [-0.15, -0.1) is 0 Å². The molecular weight excluding hydrogens is 340 g/mol. The minimum atomic E-state index is -0.0217. The standard InChI is InChI=1S/C18H24N2O5.H2O/c21-18-6-2-4-8-20(18)9-10-22-11-12-23-13-14-24-15-16-25-17-5-1-3-7-19-17;/h1-8H,9-16H2;1H2. The molecule has 0 radical (unpaired) electrons. The van der Waals surface area contributed by atoms with E-state index in [0.29, 0.717) is 58.7 Å². The van der Waals surface area contributed by atoms with Gasteiger partial charge in [0.05, 0.1) is 39.6 Å². The van der Waals surface area contributed by atoms with E-state index in [0.717, 1.165) is 0 Å². The molecule has 8 nitrogen and oxygen atoms in total. The summed E-state index contributed by atoms with van der Waals surface area (Å²) in [6.45, 7) is 3.97. The van der Waals surface area contributed by atoms with E-state index in [-0.39, 0.29) is 11.0 Å². The minimum absolute atomic E-state index is 0. The van der Waals surface area contributed by atoms with Crippen molar-refractivity contribution in [3.05, 3.63) is 59.1 Å². The van der Waals surface area contributed by atoms with Crippen molar-refractivity contribution in [1.29, 1.82) is 0 Å². The second-order valence-corrected chi connectivity index (χ2v) is 5.09. The topological polar surface area (TPSA) is 103 Å². The van der Waals surface area contributed by atoms with Crippen molar-refractivity contribution in [2.24, 2.45) is 0 Å². The van der Waals surface area contributed by atoms with Crippen LogP contribution in [0.4, 0.5) is 0 Å². The van der Waals surface area contributed by atoms with Crippen LogP contribution >= 0.6 is 0 Å². The van der Waals surface area contributed by atoms with Crippen molar-refractivity contribution in [1.82, 2.24) is 9.55 Å². The molecule has 0 unspecified atom stereocenters. The fourth-order valence-electron chi connectivity index (χ4n) is 1.99. The van der Waals surface area contributed by atoms with Crippen LogP contribution in [0.15, 0.2) is 53.6 Å². The SMILES string of the molecule is O.O=c1ccccn1CCOCCOCCOCCOc1ccccn1. The lowest BCUT2D eigenvalue weighted by Gasteiger charge is -2.08. The van der Waals surface area contributed by atoms with E-state index in [1.54, 1.807) is 29.1 Å². The predicted octanol–water partition coefficient (Wildman–Crippen LogP) is 0.547. The maximum Gasteiger partial charge on any atom is 0.250 e. The molecule has 0 bridgehead atoms. The second-order valence-electron chi connectivity index (χ2n) is 5.09. The van der Waals surface area contributed by atoms with Crippen LogP contribution in [0.5, 0.6) is 5.88 Å². The van der Waals surface area contributed by atoms with E-state index in [4.69, 9.17) is 18.9 Å². The largest absolute Gasteiger partial charge is 0.475 e. The molecule has 0 aromatic carbocycles. The lowest BCUT2D eigenvalue weighted by atomic mass is 10.5. The molecule has 2 N–H and O–H groups in total. The fraction of sp³-hybridized carbons (Fsp3) is 0.444. The van der Waals surface area contributed by atoms with Gasteiger partial charge < -0.3 is 29.0 Å². The summed E-state index contributed by atoms with van der Waals surface area (Å²) in [4.78, 5) is 15.5. The Morgan fingerprint density at radius 2 is 1.46 bits per heavy atom. The normalized spacial score (nSPS) is 10.3. The van der Waals surface area contributed by atoms with Crippen LogP contribution in [0.25, 0.3) is 0 Å². The number of nitrogens with zero attached hydrogens (tertiary/aromatic N) is 2. The van der Waals surface area contributed by atoms with E-state index < -0.39 is 0 Å². The lowest BCUT2D eigenvalue weighted by molar-refractivity contribution is 0.00787. The number of rotatable bonds is 13. The zero-order valence-corrected chi connectivity index (χ0v) is 14.7. The first-order chi connectivity index (χ1) is 12.4. The molecule has 144 valence electrons. The molecule has 8 heteroatoms. The van der Waals surface area contributed by atoms with Crippen molar-refractivity contribution < 1.29 is 24.4 Å². The third kappa shape index (κ3) is 9.28. The summed E-state index contributed by atoms with van der Waals surface area (Å²) >= 11 is 0. The van der Waals surface area contributed by atoms with E-state index in [1.807, 2.05) is 18.2 Å². The molecule has 2 rings (SSSR count). The van der Waals surface area contributed by atoms with Gasteiger partial charge in [0.25, 0.3) is 5.56 Å². The average molecular weight is 366 g/mol. The van der Waals surface area contributed by atoms with Gasteiger partial charge in [-0.25, -0.2) is 4.98 Å². The predicted molar refractivity (Wildman–Crippen MR) is 96.5 cm³/mol. The third-order valence-electron chi connectivity index (χ3n) is 3.23. The molecule has 0 saturated carbocycles. The zero-order valence-electron chi connectivity index (χ0n) is 14.7. The minimum Gasteiger partial charge on any atom is -0.475 e. The molecule has 2 aromatic rings. The van der Waals surface area contributed by atoms with Crippen LogP contribution in [0.3, 0.4) is 0 Å². The molecule has 26 heavy (non-hydrogen) atoms. The summed E-state index contributed by atoms with van der Waals surface area (Å²) in [5.74, 6) is 0.595. The molecule has 0 atom stereocenters. The number of hydrogen-bond acceptors (Lipinski definition) is 6. The average Bonchev–Trinajstić information content (AvgIpc) is 2.65. The van der Waals surface area contributed by atoms with E-state index in [9.17, 15) is 4.79 Å². The third-order valence-corrected chi connectivity index (χ3v) is 3.23. The molecule has 2 aromatic heterocycles. The maximum absolute atomic E-state index is 11.5. The Kier molecular flexibility index (Phi) is 11.7. The number of pyridine rings is 2. The van der Waals surface area contributed by atoms with Crippen molar-refractivity contribution in [3.8, 4) is 5.88 Å². The quantitative estimate of drug-likeness (QED) is 0.480. The summed E-state index contributed by atoms with van der Waals surface area (Å²) < 4.78 is 23.2. The van der Waals surface area contributed by atoms with Crippen LogP contribution < -0.4 is 10.3 Å². The molecule has 0 aliphatic carbocycles. The molecule has 0 saturated heterocycles. The van der Waals surface area contributed by atoms with Gasteiger partial charge >= 0.3 is 0 Å². The molecule has 0 spiro atoms. The summed E-state index contributed by atoms with van der Waals surface area (Å²) in [5.41, 5.74) is -0.0217. The van der Waals surface area contributed by atoms with E-state index >= 15 is 0 Å². The first-order valence-corrected chi connectivity index (χ1v) is 8.29. The second kappa shape index (κ2) is 14.0. The smallest absolute Gasteiger partial charge is 0.250 e. The highest BCUT2D eigenvalue weighted by Crippen LogP contribution is 2.02. The summed E-state index contributed by atoms with van der Waals surface area (Å²) in [6, 6.07) is 10.6. The Labute approximate surface area is 152 Å². The Balaban J connectivity index is 0.00000338. The van der Waals surface area contributed by atoms with Gasteiger partial charge in [-0.05, 0) is 12.1 Å². The summed E-state index contributed by atoms with van der Waals surface area (Å²) in [5, 5.41) is 0. The van der Waals surface area contributed by atoms with Crippen LogP contribution in [0.2, 0.25) is 0 Å². The molecule has 0 aliphatic rings. The Hall–Kier alpha value is -2.26. The van der Waals surface area contributed by atoms with Crippen molar-refractivity contribution in [2.45, 2.75) is 6.54 Å². The zero-order chi connectivity index (χ0) is 17.6. The molecule has 0 amide bonds. The molecular formula is C18H26N2O6. The summed E-state index contributed by atoms with van der Waals surface area (Å²) in [6.07, 6.45) is 3.43. The van der Waals surface area contributed by atoms with Gasteiger partial charge in [-0.2, -0.15) is 0 Å². The maximum atomic E-state index is 11.5. The monoisotopic (exact) mass is 366 g/mol. The number of aromatic nitrogens is 2. The number of ether oxygens (including phenoxy) is 4. The highest BCUT2D eigenvalue weighted by Gasteiger charge is 1.96. The highest BCUT2D eigenvalue weighted by molar-refractivity contribution is 5.08. The number of hydrogen-bond donors (Lipinski definition) is 0. The van der Waals surface area contributed by atoms with Crippen LogP contribution in [-0.4, -0.2) is 61.3 Å². The van der Waals surface area contributed by atoms with Gasteiger partial charge in [-0.3, -0.25) is 4.79 Å². The van der Waals surface area contributed by atoms with Crippen LogP contribution in [0.1, 0.15) is 0 Å². The van der Waals surface area contributed by atoms with Gasteiger partial charge in [0.1, 0.15) is 6.61 Å².